The van der Waals surface area contributed by atoms with E-state index in [2.05, 4.69) is 5.32 Å². The third-order valence-corrected chi connectivity index (χ3v) is 3.90. The fraction of sp³-hybridized carbons (Fsp3) is 0.364. The summed E-state index contributed by atoms with van der Waals surface area (Å²) >= 11 is 11.7. The number of halogens is 2. The highest BCUT2D eigenvalue weighted by molar-refractivity contribution is 7.92. The molecule has 0 unspecified atom stereocenters. The Morgan fingerprint density at radius 1 is 1.37 bits per heavy atom. The molecule has 0 aliphatic heterocycles. The molecule has 8 heteroatoms. The second-order valence-electron chi connectivity index (χ2n) is 3.82. The van der Waals surface area contributed by atoms with Crippen LogP contribution in [-0.4, -0.2) is 33.7 Å². The first-order valence-electron chi connectivity index (χ1n) is 5.45. The summed E-state index contributed by atoms with van der Waals surface area (Å²) in [6.07, 6.45) is 1.01. The van der Waals surface area contributed by atoms with Crippen molar-refractivity contribution >= 4 is 44.8 Å². The lowest BCUT2D eigenvalue weighted by molar-refractivity contribution is -0.119. The lowest BCUT2D eigenvalue weighted by Crippen LogP contribution is -2.40. The van der Waals surface area contributed by atoms with Crippen LogP contribution in [0.1, 0.15) is 6.92 Å². The zero-order valence-electron chi connectivity index (χ0n) is 10.5. The molecule has 106 valence electrons. The highest BCUT2D eigenvalue weighted by Gasteiger charge is 2.22. The molecule has 0 saturated heterocycles. The van der Waals surface area contributed by atoms with Crippen LogP contribution in [0.5, 0.6) is 0 Å². The zero-order valence-corrected chi connectivity index (χ0v) is 12.8. The largest absolute Gasteiger partial charge is 0.355 e. The Kier molecular flexibility index (Phi) is 5.46. The molecule has 1 amide bonds. The van der Waals surface area contributed by atoms with Crippen molar-refractivity contribution in [3.05, 3.63) is 28.2 Å². The molecule has 5 nitrogen and oxygen atoms in total. The highest BCUT2D eigenvalue weighted by atomic mass is 35.5. The standard InChI is InChI=1S/C11H14Cl2N2O3S/c1-3-14-11(16)7-15(19(2,17)18)10-5-4-8(12)6-9(10)13/h4-6H,3,7H2,1-2H3,(H,14,16). The molecule has 0 saturated carbocycles. The summed E-state index contributed by atoms with van der Waals surface area (Å²) in [6, 6.07) is 4.40. The van der Waals surface area contributed by atoms with Crippen LogP contribution in [0.3, 0.4) is 0 Å². The number of likely N-dealkylation sites (N-methyl/N-ethyl adjacent to an activating group) is 1. The summed E-state index contributed by atoms with van der Waals surface area (Å²) < 4.78 is 24.5. The number of anilines is 1. The van der Waals surface area contributed by atoms with Gasteiger partial charge in [-0.3, -0.25) is 9.10 Å². The lowest BCUT2D eigenvalue weighted by Gasteiger charge is -2.22. The van der Waals surface area contributed by atoms with Gasteiger partial charge in [-0.25, -0.2) is 8.42 Å². The number of amides is 1. The molecule has 1 rings (SSSR count). The topological polar surface area (TPSA) is 66.5 Å². The van der Waals surface area contributed by atoms with Gasteiger partial charge in [-0.1, -0.05) is 23.2 Å². The average molecular weight is 325 g/mol. The molecule has 19 heavy (non-hydrogen) atoms. The van der Waals surface area contributed by atoms with Gasteiger partial charge in [0, 0.05) is 11.6 Å². The first-order valence-corrected chi connectivity index (χ1v) is 8.05. The van der Waals surface area contributed by atoms with Crippen LogP contribution >= 0.6 is 23.2 Å². The predicted octanol–water partition coefficient (Wildman–Crippen LogP) is 1.90. The molecular formula is C11H14Cl2N2O3S. The van der Waals surface area contributed by atoms with Crippen molar-refractivity contribution in [1.82, 2.24) is 5.32 Å². The third kappa shape index (κ3) is 4.56. The van der Waals surface area contributed by atoms with E-state index in [1.54, 1.807) is 6.92 Å². The van der Waals surface area contributed by atoms with Crippen molar-refractivity contribution in [2.24, 2.45) is 0 Å². The van der Waals surface area contributed by atoms with Crippen LogP contribution in [0.25, 0.3) is 0 Å². The number of hydrogen-bond acceptors (Lipinski definition) is 3. The molecule has 0 spiro atoms. The number of carbonyl (C=O) groups is 1. The van der Waals surface area contributed by atoms with Gasteiger partial charge in [-0.05, 0) is 25.1 Å². The van der Waals surface area contributed by atoms with E-state index in [0.717, 1.165) is 10.6 Å². The highest BCUT2D eigenvalue weighted by Crippen LogP contribution is 2.30. The molecule has 1 aromatic rings. The number of benzene rings is 1. The van der Waals surface area contributed by atoms with Gasteiger partial charge in [0.2, 0.25) is 15.9 Å². The van der Waals surface area contributed by atoms with Crippen molar-refractivity contribution in [3.8, 4) is 0 Å². The van der Waals surface area contributed by atoms with Gasteiger partial charge in [0.1, 0.15) is 6.54 Å². The number of hydrogen-bond donors (Lipinski definition) is 1. The summed E-state index contributed by atoms with van der Waals surface area (Å²) in [4.78, 5) is 11.6. The van der Waals surface area contributed by atoms with Crippen molar-refractivity contribution < 1.29 is 13.2 Å². The fourth-order valence-electron chi connectivity index (χ4n) is 1.45. The van der Waals surface area contributed by atoms with Gasteiger partial charge in [-0.15, -0.1) is 0 Å². The Labute approximate surface area is 122 Å². The number of carbonyl (C=O) groups excluding carboxylic acids is 1. The predicted molar refractivity (Wildman–Crippen MR) is 77.3 cm³/mol. The molecule has 1 N–H and O–H groups in total. The van der Waals surface area contributed by atoms with Crippen molar-refractivity contribution in [2.45, 2.75) is 6.92 Å². The quantitative estimate of drug-likeness (QED) is 0.899. The van der Waals surface area contributed by atoms with Crippen LogP contribution in [0.15, 0.2) is 18.2 Å². The maximum absolute atomic E-state index is 11.8. The number of rotatable bonds is 5. The summed E-state index contributed by atoms with van der Waals surface area (Å²) in [6.45, 7) is 1.84. The molecule has 0 fully saturated rings. The van der Waals surface area contributed by atoms with Gasteiger partial charge >= 0.3 is 0 Å². The molecular weight excluding hydrogens is 311 g/mol. The van der Waals surface area contributed by atoms with Crippen LogP contribution in [0.2, 0.25) is 10.0 Å². The number of sulfonamides is 1. The molecule has 0 aromatic heterocycles. The van der Waals surface area contributed by atoms with Crippen molar-refractivity contribution in [1.29, 1.82) is 0 Å². The Morgan fingerprint density at radius 3 is 2.47 bits per heavy atom. The normalized spacial score (nSPS) is 11.2. The first-order chi connectivity index (χ1) is 8.75. The lowest BCUT2D eigenvalue weighted by atomic mass is 10.3. The van der Waals surface area contributed by atoms with Crippen molar-refractivity contribution in [3.63, 3.8) is 0 Å². The van der Waals surface area contributed by atoms with Gasteiger partial charge in [-0.2, -0.15) is 0 Å². The van der Waals surface area contributed by atoms with Crippen molar-refractivity contribution in [2.75, 3.05) is 23.7 Å². The van der Waals surface area contributed by atoms with Crippen LogP contribution in [-0.2, 0) is 14.8 Å². The van der Waals surface area contributed by atoms with E-state index < -0.39 is 15.9 Å². The minimum Gasteiger partial charge on any atom is -0.355 e. The Hall–Kier alpha value is -0.980. The molecule has 0 heterocycles. The smallest absolute Gasteiger partial charge is 0.240 e. The van der Waals surface area contributed by atoms with E-state index in [4.69, 9.17) is 23.2 Å². The third-order valence-electron chi connectivity index (χ3n) is 2.24. The Balaban J connectivity index is 3.14. The molecule has 0 aliphatic carbocycles. The maximum atomic E-state index is 11.8. The van der Waals surface area contributed by atoms with Gasteiger partial charge in [0.25, 0.3) is 0 Å². The number of nitrogens with zero attached hydrogens (tertiary/aromatic N) is 1. The molecule has 1 aromatic carbocycles. The molecule has 0 radical (unpaired) electrons. The van der Waals surface area contributed by atoms with E-state index in [0.29, 0.717) is 11.6 Å². The number of nitrogens with one attached hydrogen (secondary N) is 1. The SMILES string of the molecule is CCNC(=O)CN(c1ccc(Cl)cc1Cl)S(C)(=O)=O. The van der Waals surface area contributed by atoms with E-state index >= 15 is 0 Å². The minimum atomic E-state index is -3.62. The molecule has 0 bridgehead atoms. The van der Waals surface area contributed by atoms with E-state index in [1.807, 2.05) is 0 Å². The Bertz CT molecular complexity index is 575. The molecule has 0 atom stereocenters. The van der Waals surface area contributed by atoms with E-state index in [9.17, 15) is 13.2 Å². The summed E-state index contributed by atoms with van der Waals surface area (Å²) in [5, 5.41) is 3.09. The summed E-state index contributed by atoms with van der Waals surface area (Å²) in [5.41, 5.74) is 0.222. The van der Waals surface area contributed by atoms with Gasteiger partial charge in [0.15, 0.2) is 0 Å². The second-order valence-corrected chi connectivity index (χ2v) is 6.57. The average Bonchev–Trinajstić information content (AvgIpc) is 2.25. The zero-order chi connectivity index (χ0) is 14.6. The summed E-state index contributed by atoms with van der Waals surface area (Å²) in [5.74, 6) is -0.404. The van der Waals surface area contributed by atoms with Gasteiger partial charge in [0.05, 0.1) is 17.0 Å². The maximum Gasteiger partial charge on any atom is 0.240 e. The van der Waals surface area contributed by atoms with Crippen LogP contribution in [0, 0.1) is 0 Å². The second kappa shape index (κ2) is 6.45. The first kappa shape index (κ1) is 16.1. The Morgan fingerprint density at radius 2 is 2.00 bits per heavy atom. The van der Waals surface area contributed by atoms with Crippen LogP contribution in [0.4, 0.5) is 5.69 Å². The monoisotopic (exact) mass is 324 g/mol. The van der Waals surface area contributed by atoms with Gasteiger partial charge < -0.3 is 5.32 Å². The van der Waals surface area contributed by atoms with E-state index in [1.165, 1.54) is 18.2 Å². The molecule has 0 aliphatic rings. The summed E-state index contributed by atoms with van der Waals surface area (Å²) in [7, 11) is -3.62. The van der Waals surface area contributed by atoms with E-state index in [-0.39, 0.29) is 17.3 Å². The fourth-order valence-corrected chi connectivity index (χ4v) is 2.88. The van der Waals surface area contributed by atoms with Crippen LogP contribution < -0.4 is 9.62 Å². The minimum absolute atomic E-state index is 0.169.